The molecule has 7 nitrogen and oxygen atoms in total. The molecule has 0 heterocycles. The van der Waals surface area contributed by atoms with Crippen molar-refractivity contribution in [2.45, 2.75) is 0 Å². The van der Waals surface area contributed by atoms with Crippen LogP contribution < -0.4 is 5.43 Å². The second-order valence-electron chi connectivity index (χ2n) is 3.30. The van der Waals surface area contributed by atoms with E-state index in [1.807, 2.05) is 0 Å². The van der Waals surface area contributed by atoms with Gasteiger partial charge in [-0.05, 0) is 12.1 Å². The van der Waals surface area contributed by atoms with Gasteiger partial charge in [-0.2, -0.15) is 0 Å². The molecular weight excluding hydrogens is 214 g/mol. The Morgan fingerprint density at radius 2 is 2.12 bits per heavy atom. The molecule has 0 fully saturated rings. The number of anilines is 1. The Balaban J connectivity index is 3.21. The average Bonchev–Trinajstić information content (AvgIpc) is 2.15. The van der Waals surface area contributed by atoms with E-state index >= 15 is 0 Å². The number of nitro groups is 1. The third-order valence-electron chi connectivity index (χ3n) is 1.78. The first-order valence-electron chi connectivity index (χ1n) is 4.37. The molecule has 0 saturated carbocycles. The van der Waals surface area contributed by atoms with Crippen molar-refractivity contribution in [1.82, 2.24) is 5.01 Å². The molecule has 0 unspecified atom stereocenters. The van der Waals surface area contributed by atoms with Crippen LogP contribution in [-0.4, -0.2) is 35.1 Å². The molecule has 1 aromatic rings. The highest BCUT2D eigenvalue weighted by molar-refractivity contribution is 5.90. The van der Waals surface area contributed by atoms with E-state index in [0.29, 0.717) is 0 Å². The van der Waals surface area contributed by atoms with Gasteiger partial charge in [-0.25, -0.2) is 9.80 Å². The molecule has 0 aliphatic carbocycles. The van der Waals surface area contributed by atoms with Gasteiger partial charge in [0.25, 0.3) is 5.69 Å². The maximum absolute atomic E-state index is 10.7. The van der Waals surface area contributed by atoms with Crippen LogP contribution in [0.15, 0.2) is 18.2 Å². The number of carboxylic acids is 1. The third-order valence-corrected chi connectivity index (χ3v) is 1.78. The molecule has 2 N–H and O–H groups in total. The smallest absolute Gasteiger partial charge is 0.335 e. The monoisotopic (exact) mass is 225 g/mol. The maximum Gasteiger partial charge on any atom is 0.335 e. The van der Waals surface area contributed by atoms with Crippen LogP contribution in [0, 0.1) is 10.1 Å². The normalized spacial score (nSPS) is 10.2. The second kappa shape index (κ2) is 4.58. The summed E-state index contributed by atoms with van der Waals surface area (Å²) in [5, 5.41) is 20.9. The van der Waals surface area contributed by atoms with Gasteiger partial charge in [0.1, 0.15) is 5.69 Å². The largest absolute Gasteiger partial charge is 0.478 e. The van der Waals surface area contributed by atoms with E-state index in [1.165, 1.54) is 17.1 Å². The molecule has 86 valence electrons. The van der Waals surface area contributed by atoms with E-state index in [1.54, 1.807) is 14.1 Å². The predicted molar refractivity (Wildman–Crippen MR) is 57.4 cm³/mol. The van der Waals surface area contributed by atoms with Crippen LogP contribution in [0.1, 0.15) is 10.4 Å². The Morgan fingerprint density at radius 1 is 1.50 bits per heavy atom. The van der Waals surface area contributed by atoms with Gasteiger partial charge in [0.2, 0.25) is 0 Å². The molecule has 0 aliphatic heterocycles. The van der Waals surface area contributed by atoms with Crippen LogP contribution in [0.25, 0.3) is 0 Å². The first-order chi connectivity index (χ1) is 7.41. The van der Waals surface area contributed by atoms with Gasteiger partial charge in [-0.15, -0.1) is 0 Å². The molecule has 1 rings (SSSR count). The minimum absolute atomic E-state index is 0.00468. The summed E-state index contributed by atoms with van der Waals surface area (Å²) in [4.78, 5) is 20.8. The Labute approximate surface area is 91.4 Å². The average molecular weight is 225 g/mol. The van der Waals surface area contributed by atoms with Gasteiger partial charge in [-0.1, -0.05) is 0 Å². The maximum atomic E-state index is 10.7. The fourth-order valence-electron chi connectivity index (χ4n) is 1.16. The van der Waals surface area contributed by atoms with Crippen molar-refractivity contribution in [2.24, 2.45) is 0 Å². The number of rotatable bonds is 4. The molecule has 0 spiro atoms. The van der Waals surface area contributed by atoms with Crippen LogP contribution in [-0.2, 0) is 0 Å². The lowest BCUT2D eigenvalue weighted by atomic mass is 10.2. The molecule has 0 atom stereocenters. The van der Waals surface area contributed by atoms with Crippen molar-refractivity contribution in [3.8, 4) is 0 Å². The molecule has 0 aromatic heterocycles. The summed E-state index contributed by atoms with van der Waals surface area (Å²) in [6, 6.07) is 3.58. The van der Waals surface area contributed by atoms with Crippen LogP contribution in [0.4, 0.5) is 11.4 Å². The molecule has 1 aromatic carbocycles. The highest BCUT2D eigenvalue weighted by Gasteiger charge is 2.16. The molecular formula is C9H11N3O4. The summed E-state index contributed by atoms with van der Waals surface area (Å²) in [7, 11) is 3.30. The van der Waals surface area contributed by atoms with Crippen LogP contribution in [0.3, 0.4) is 0 Å². The Kier molecular flexibility index (Phi) is 3.41. The molecule has 0 saturated heterocycles. The van der Waals surface area contributed by atoms with Crippen LogP contribution >= 0.6 is 0 Å². The molecule has 0 bridgehead atoms. The number of nitro benzene ring substituents is 1. The number of hydrogen-bond donors (Lipinski definition) is 2. The lowest BCUT2D eigenvalue weighted by molar-refractivity contribution is -0.384. The van der Waals surface area contributed by atoms with Crippen LogP contribution in [0.2, 0.25) is 0 Å². The van der Waals surface area contributed by atoms with Gasteiger partial charge < -0.3 is 10.5 Å². The van der Waals surface area contributed by atoms with E-state index in [4.69, 9.17) is 5.11 Å². The number of carboxylic acid groups (broad SMARTS) is 1. The summed E-state index contributed by atoms with van der Waals surface area (Å²) in [5.74, 6) is -1.13. The quantitative estimate of drug-likeness (QED) is 0.590. The fraction of sp³-hybridized carbons (Fsp3) is 0.222. The number of hydrogen-bond acceptors (Lipinski definition) is 5. The van der Waals surface area contributed by atoms with Crippen molar-refractivity contribution in [1.29, 1.82) is 0 Å². The van der Waals surface area contributed by atoms with Gasteiger partial charge in [0.05, 0.1) is 10.5 Å². The molecule has 7 heteroatoms. The third kappa shape index (κ3) is 2.67. The van der Waals surface area contributed by atoms with Gasteiger partial charge in [-0.3, -0.25) is 10.1 Å². The molecule has 16 heavy (non-hydrogen) atoms. The summed E-state index contributed by atoms with van der Waals surface area (Å²) in [6.45, 7) is 0. The standard InChI is InChI=1S/C9H11N3O4/c1-11(2)10-7-5-6(9(13)14)3-4-8(7)12(15)16/h3-5,10H,1-2H3,(H,13,14). The number of benzene rings is 1. The van der Waals surface area contributed by atoms with Crippen molar-refractivity contribution in [3.05, 3.63) is 33.9 Å². The highest BCUT2D eigenvalue weighted by Crippen LogP contribution is 2.25. The lowest BCUT2D eigenvalue weighted by Gasteiger charge is -2.13. The number of carbonyl (C=O) groups is 1. The van der Waals surface area contributed by atoms with E-state index in [9.17, 15) is 14.9 Å². The van der Waals surface area contributed by atoms with E-state index in [-0.39, 0.29) is 16.9 Å². The van der Waals surface area contributed by atoms with Crippen molar-refractivity contribution in [3.63, 3.8) is 0 Å². The van der Waals surface area contributed by atoms with Crippen molar-refractivity contribution >= 4 is 17.3 Å². The topological polar surface area (TPSA) is 95.7 Å². The summed E-state index contributed by atoms with van der Waals surface area (Å²) >= 11 is 0. The number of nitrogens with one attached hydrogen (secondary N) is 1. The van der Waals surface area contributed by atoms with Crippen molar-refractivity contribution in [2.75, 3.05) is 19.5 Å². The molecule has 0 aliphatic rings. The second-order valence-corrected chi connectivity index (χ2v) is 3.30. The summed E-state index contributed by atoms with van der Waals surface area (Å²) < 4.78 is 0. The zero-order chi connectivity index (χ0) is 12.3. The number of aromatic carboxylic acids is 1. The molecule has 0 radical (unpaired) electrons. The minimum Gasteiger partial charge on any atom is -0.478 e. The zero-order valence-electron chi connectivity index (χ0n) is 8.80. The Morgan fingerprint density at radius 3 is 2.56 bits per heavy atom. The van der Waals surface area contributed by atoms with E-state index in [2.05, 4.69) is 5.43 Å². The Hall–Kier alpha value is -2.15. The number of nitrogens with zero attached hydrogens (tertiary/aromatic N) is 2. The van der Waals surface area contributed by atoms with Gasteiger partial charge >= 0.3 is 5.97 Å². The minimum atomic E-state index is -1.13. The fourth-order valence-corrected chi connectivity index (χ4v) is 1.16. The Bertz CT molecular complexity index is 431. The first kappa shape index (κ1) is 11.9. The summed E-state index contributed by atoms with van der Waals surface area (Å²) in [5.41, 5.74) is 2.65. The van der Waals surface area contributed by atoms with Gasteiger partial charge in [0.15, 0.2) is 0 Å². The van der Waals surface area contributed by atoms with E-state index < -0.39 is 10.9 Å². The highest BCUT2D eigenvalue weighted by atomic mass is 16.6. The van der Waals surface area contributed by atoms with Crippen molar-refractivity contribution < 1.29 is 14.8 Å². The predicted octanol–water partition coefficient (Wildman–Crippen LogP) is 1.18. The van der Waals surface area contributed by atoms with Gasteiger partial charge in [0, 0.05) is 20.2 Å². The zero-order valence-corrected chi connectivity index (χ0v) is 8.80. The SMILES string of the molecule is CN(C)Nc1cc(C(=O)O)ccc1[N+](=O)[O-]. The lowest BCUT2D eigenvalue weighted by Crippen LogP contribution is -2.20. The molecule has 0 amide bonds. The number of hydrazine groups is 1. The summed E-state index contributed by atoms with van der Waals surface area (Å²) in [6.07, 6.45) is 0. The van der Waals surface area contributed by atoms with E-state index in [0.717, 1.165) is 6.07 Å². The first-order valence-corrected chi connectivity index (χ1v) is 4.37. The van der Waals surface area contributed by atoms with Crippen LogP contribution in [0.5, 0.6) is 0 Å².